The monoisotopic (exact) mass is 846 g/mol. The number of carbonyl (C=O) groups excluding carboxylic acids is 3. The van der Waals surface area contributed by atoms with Crippen LogP contribution in [0.4, 0.5) is 0 Å². The summed E-state index contributed by atoms with van der Waals surface area (Å²) in [5, 5.41) is 35.8. The van der Waals surface area contributed by atoms with Crippen molar-refractivity contribution < 1.29 is 43.3 Å². The molecule has 0 radical (unpaired) electrons. The minimum absolute atomic E-state index is 0.0200. The number of thiocyanates is 2. The van der Waals surface area contributed by atoms with E-state index >= 15 is 0 Å². The van der Waals surface area contributed by atoms with Crippen molar-refractivity contribution in [2.24, 2.45) is 5.14 Å². The lowest BCUT2D eigenvalue weighted by atomic mass is 10.1. The Hall–Kier alpha value is -5.98. The molecule has 0 spiro atoms. The van der Waals surface area contributed by atoms with Gasteiger partial charge in [-0.05, 0) is 129 Å². The maximum Gasteiger partial charge on any atom is 0.347 e. The summed E-state index contributed by atoms with van der Waals surface area (Å²) in [5.41, 5.74) is 0.968. The van der Waals surface area contributed by atoms with Crippen molar-refractivity contribution >= 4 is 59.5 Å². The average Bonchev–Trinajstić information content (AvgIpc) is 3.21. The predicted molar refractivity (Wildman–Crippen MR) is 223 cm³/mol. The third-order valence-electron chi connectivity index (χ3n) is 7.12. The Bertz CT molecular complexity index is 2050. The molecular formula is C41H42N4O10S3. The van der Waals surface area contributed by atoms with Gasteiger partial charge in [-0.1, -0.05) is 43.1 Å². The molecule has 0 bridgehead atoms. The summed E-state index contributed by atoms with van der Waals surface area (Å²) in [4.78, 5) is 50.0. The normalized spacial score (nSPS) is 10.4. The number of allylic oxidation sites excluding steroid dienone is 1. The van der Waals surface area contributed by atoms with Gasteiger partial charge in [-0.25, -0.2) is 4.79 Å². The van der Waals surface area contributed by atoms with Crippen molar-refractivity contribution in [2.45, 2.75) is 61.0 Å². The number of carbonyl (C=O) groups is 3. The number of thioether (sulfide) groups is 2. The largest absolute Gasteiger partial charge is 0.496 e. The molecule has 0 amide bonds. The van der Waals surface area contributed by atoms with Gasteiger partial charge in [0.25, 0.3) is 5.09 Å². The van der Waals surface area contributed by atoms with Gasteiger partial charge in [0.2, 0.25) is 0 Å². The second-order valence-electron chi connectivity index (χ2n) is 11.9. The number of nitrogens with two attached hydrogens (primary N) is 1. The lowest BCUT2D eigenvalue weighted by molar-refractivity contribution is -0.757. The minimum atomic E-state index is -0.897. The van der Waals surface area contributed by atoms with Crippen molar-refractivity contribution in [3.05, 3.63) is 124 Å². The molecule has 0 unspecified atom stereocenters. The number of esters is 2. The summed E-state index contributed by atoms with van der Waals surface area (Å²) in [6, 6.07) is 27.6. The molecule has 4 aromatic rings. The van der Waals surface area contributed by atoms with E-state index < -0.39 is 17.0 Å². The molecule has 58 heavy (non-hydrogen) atoms. The quantitative estimate of drug-likeness (QED) is 0.00943. The van der Waals surface area contributed by atoms with E-state index in [0.717, 1.165) is 39.6 Å². The van der Waals surface area contributed by atoms with E-state index in [1.165, 1.54) is 19.1 Å². The number of rotatable bonds is 18. The van der Waals surface area contributed by atoms with E-state index in [-0.39, 0.29) is 24.2 Å². The highest BCUT2D eigenvalue weighted by atomic mass is 32.2. The summed E-state index contributed by atoms with van der Waals surface area (Å²) in [7, 11) is 1.50. The van der Waals surface area contributed by atoms with Crippen LogP contribution in [0, 0.1) is 31.4 Å². The Morgan fingerprint density at radius 3 is 1.84 bits per heavy atom. The van der Waals surface area contributed by atoms with Crippen LogP contribution in [-0.2, 0) is 14.4 Å². The van der Waals surface area contributed by atoms with Gasteiger partial charge in [-0.15, -0.1) is 10.1 Å². The third-order valence-corrected chi connectivity index (χ3v) is 9.12. The van der Waals surface area contributed by atoms with Crippen LogP contribution in [0.25, 0.3) is 5.76 Å². The smallest absolute Gasteiger partial charge is 0.347 e. The average molecular weight is 847 g/mol. The topological polar surface area (TPSA) is 214 Å². The molecule has 14 nitrogen and oxygen atoms in total. The van der Waals surface area contributed by atoms with Crippen LogP contribution in [0.15, 0.2) is 113 Å². The molecule has 0 saturated carbocycles. The molecule has 0 fully saturated rings. The molecule has 0 atom stereocenters. The molecule has 0 aromatic heterocycles. The van der Waals surface area contributed by atoms with E-state index in [0.29, 0.717) is 52.7 Å². The number of nitriles is 2. The van der Waals surface area contributed by atoms with Gasteiger partial charge in [0.05, 0.1) is 19.3 Å². The first-order valence-corrected chi connectivity index (χ1v) is 19.9. The summed E-state index contributed by atoms with van der Waals surface area (Å²) in [5.74, 6) is 1.31. The Kier molecular flexibility index (Phi) is 22.3. The number of aldehydes is 1. The van der Waals surface area contributed by atoms with Crippen molar-refractivity contribution in [1.29, 1.82) is 10.5 Å². The number of hydrogen-bond donors (Lipinski definition) is 1. The first-order chi connectivity index (χ1) is 27.9. The first kappa shape index (κ1) is 48.2. The van der Waals surface area contributed by atoms with Crippen molar-refractivity contribution in [3.8, 4) is 33.8 Å². The van der Waals surface area contributed by atoms with Crippen molar-refractivity contribution in [3.63, 3.8) is 0 Å². The van der Waals surface area contributed by atoms with Gasteiger partial charge in [-0.2, -0.15) is 10.5 Å². The summed E-state index contributed by atoms with van der Waals surface area (Å²) in [6.45, 7) is 5.66. The number of ether oxygens (including phenoxy) is 4. The standard InChI is InChI=1S/C21H20N2O6S.C15H11NO3S.C5H11NOS/c1-2-6-19(28-16-10-12-17(13-11-16)30-15-22)18-7-3-4-8-20(18)29-21(24)9-5-14-27-23(25)26;1-18-14-5-3-2-4-13(14)15(17)19-11-6-8-12(9-7-11)20-10-16;1-5(2,8-6)3-4-7/h3-4,6-8,10-13H,2,5,9,14H2,1H3;2-9H,1H3;4H,3,6H2,1-2H3/b19-6+;;. The van der Waals surface area contributed by atoms with E-state index in [1.54, 1.807) is 97.1 Å². The second kappa shape index (κ2) is 26.8. The van der Waals surface area contributed by atoms with Crippen LogP contribution < -0.4 is 24.1 Å². The molecule has 0 saturated heterocycles. The van der Waals surface area contributed by atoms with Crippen LogP contribution in [0.5, 0.6) is 23.0 Å². The molecule has 0 heterocycles. The zero-order valence-corrected chi connectivity index (χ0v) is 34.6. The molecular weight excluding hydrogens is 805 g/mol. The molecule has 0 aliphatic heterocycles. The van der Waals surface area contributed by atoms with Gasteiger partial charge >= 0.3 is 11.9 Å². The molecule has 17 heteroatoms. The third kappa shape index (κ3) is 18.3. The SMILES string of the molecule is CC(C)(CC=O)SN.CC/C=C(/Oc1ccc(SC#N)cc1)c1ccccc1OC(=O)CCCO[N+](=O)[O-].COc1ccccc1C(=O)Oc1ccc(SC#N)cc1. The molecule has 2 N–H and O–H groups in total. The van der Waals surface area contributed by atoms with Crippen molar-refractivity contribution in [1.82, 2.24) is 0 Å². The van der Waals surface area contributed by atoms with Crippen molar-refractivity contribution in [2.75, 3.05) is 13.7 Å². The van der Waals surface area contributed by atoms with Crippen LogP contribution in [0.1, 0.15) is 62.4 Å². The highest BCUT2D eigenvalue weighted by molar-refractivity contribution is 8.04. The zero-order valence-electron chi connectivity index (χ0n) is 32.2. The molecule has 304 valence electrons. The fourth-order valence-electron chi connectivity index (χ4n) is 4.29. The summed E-state index contributed by atoms with van der Waals surface area (Å²) >= 11 is 3.33. The summed E-state index contributed by atoms with van der Waals surface area (Å²) in [6.07, 6.45) is 4.12. The maximum atomic E-state index is 12.1. The zero-order chi connectivity index (χ0) is 42.8. The van der Waals surface area contributed by atoms with E-state index in [9.17, 15) is 24.5 Å². The van der Waals surface area contributed by atoms with Gasteiger partial charge in [-0.3, -0.25) is 9.93 Å². The summed E-state index contributed by atoms with van der Waals surface area (Å²) < 4.78 is 21.7. The predicted octanol–water partition coefficient (Wildman–Crippen LogP) is 9.43. The Balaban J connectivity index is 0.000000354. The minimum Gasteiger partial charge on any atom is -0.496 e. The number of hydrogen-bond acceptors (Lipinski definition) is 16. The van der Waals surface area contributed by atoms with Gasteiger partial charge in [0, 0.05) is 27.4 Å². The number of benzene rings is 4. The molecule has 4 rings (SSSR count). The van der Waals surface area contributed by atoms with E-state index in [2.05, 4.69) is 4.84 Å². The van der Waals surface area contributed by atoms with Crippen LogP contribution in [-0.4, -0.2) is 41.8 Å². The Morgan fingerprint density at radius 1 is 0.828 bits per heavy atom. The number of nitrogens with zero attached hydrogens (tertiary/aromatic N) is 3. The number of para-hydroxylation sites is 2. The van der Waals surface area contributed by atoms with Gasteiger partial charge < -0.3 is 28.6 Å². The highest BCUT2D eigenvalue weighted by Crippen LogP contribution is 2.31. The first-order valence-electron chi connectivity index (χ1n) is 17.3. The Morgan fingerprint density at radius 2 is 1.36 bits per heavy atom. The van der Waals surface area contributed by atoms with Crippen LogP contribution >= 0.6 is 35.5 Å². The fraction of sp³-hybridized carbons (Fsp3) is 0.244. The lowest BCUT2D eigenvalue weighted by Crippen LogP contribution is -2.17. The number of methoxy groups -OCH3 is 1. The van der Waals surface area contributed by atoms with E-state index in [4.69, 9.17) is 34.6 Å². The Labute approximate surface area is 349 Å². The molecule has 0 aliphatic rings. The maximum absolute atomic E-state index is 12.1. The molecule has 4 aromatic carbocycles. The van der Waals surface area contributed by atoms with E-state index in [1.807, 2.05) is 37.6 Å². The van der Waals surface area contributed by atoms with Gasteiger partial charge in [0.1, 0.15) is 51.4 Å². The van der Waals surface area contributed by atoms with Crippen LogP contribution in [0.2, 0.25) is 0 Å². The fourth-order valence-corrected chi connectivity index (χ4v) is 5.21. The highest BCUT2D eigenvalue weighted by Gasteiger charge is 2.16. The van der Waals surface area contributed by atoms with Gasteiger partial charge in [0.15, 0.2) is 0 Å². The lowest BCUT2D eigenvalue weighted by Gasteiger charge is -2.16. The second-order valence-corrected chi connectivity index (χ2v) is 14.9. The molecule has 0 aliphatic carbocycles. The van der Waals surface area contributed by atoms with Crippen LogP contribution in [0.3, 0.4) is 0 Å².